The number of aliphatic hydroxyl groups excluding tert-OH is 1. The van der Waals surface area contributed by atoms with Gasteiger partial charge in [0.1, 0.15) is 0 Å². The second-order valence-electron chi connectivity index (χ2n) is 4.95. The molecule has 0 aromatic heterocycles. The second-order valence-corrected chi connectivity index (χ2v) is 4.95. The molecule has 1 heterocycles. The van der Waals surface area contributed by atoms with Crippen LogP contribution in [0.25, 0.3) is 0 Å². The van der Waals surface area contributed by atoms with Crippen LogP contribution in [0.5, 0.6) is 0 Å². The van der Waals surface area contributed by atoms with Crippen LogP contribution in [-0.2, 0) is 14.4 Å². The first-order valence-corrected chi connectivity index (χ1v) is 7.52. The van der Waals surface area contributed by atoms with E-state index in [1.165, 1.54) is 0 Å². The summed E-state index contributed by atoms with van der Waals surface area (Å²) in [7, 11) is 0. The van der Waals surface area contributed by atoms with Gasteiger partial charge in [0.2, 0.25) is 17.7 Å². The maximum absolute atomic E-state index is 11.7. The molecule has 1 aliphatic heterocycles. The van der Waals surface area contributed by atoms with Crippen molar-refractivity contribution in [3.8, 4) is 0 Å². The zero-order chi connectivity index (χ0) is 16.9. The van der Waals surface area contributed by atoms with Crippen molar-refractivity contribution in [3.63, 3.8) is 0 Å². The Morgan fingerprint density at radius 1 is 0.826 bits per heavy atom. The molecule has 1 unspecified atom stereocenters. The lowest BCUT2D eigenvalue weighted by atomic mass is 10.2. The molecule has 1 rings (SSSR count). The van der Waals surface area contributed by atoms with E-state index in [9.17, 15) is 19.5 Å². The fourth-order valence-corrected chi connectivity index (χ4v) is 1.80. The zero-order valence-corrected chi connectivity index (χ0v) is 13.0. The summed E-state index contributed by atoms with van der Waals surface area (Å²) in [4.78, 5) is 34.7. The van der Waals surface area contributed by atoms with Gasteiger partial charge in [-0.1, -0.05) is 36.5 Å². The number of hydrogen-bond donors (Lipinski definition) is 4. The predicted molar refractivity (Wildman–Crippen MR) is 86.3 cm³/mol. The molecule has 1 aliphatic rings. The molecule has 3 amide bonds. The van der Waals surface area contributed by atoms with Crippen molar-refractivity contribution < 1.29 is 19.5 Å². The Morgan fingerprint density at radius 3 is 1.91 bits per heavy atom. The van der Waals surface area contributed by atoms with E-state index in [2.05, 4.69) is 16.0 Å². The molecule has 0 aromatic rings. The minimum Gasteiger partial charge on any atom is -0.394 e. The predicted octanol–water partition coefficient (Wildman–Crippen LogP) is -0.452. The number of carbonyl (C=O) groups is 3. The minimum absolute atomic E-state index is 0.133. The van der Waals surface area contributed by atoms with Crippen molar-refractivity contribution in [1.29, 1.82) is 0 Å². The van der Waals surface area contributed by atoms with E-state index in [-0.39, 0.29) is 43.6 Å². The Morgan fingerprint density at radius 2 is 1.35 bits per heavy atom. The van der Waals surface area contributed by atoms with E-state index >= 15 is 0 Å². The lowest BCUT2D eigenvalue weighted by molar-refractivity contribution is -0.121. The van der Waals surface area contributed by atoms with Crippen LogP contribution in [0.3, 0.4) is 0 Å². The molecule has 0 fully saturated rings. The molecule has 7 nitrogen and oxygen atoms in total. The molecular formula is C16H23N3O4. The maximum atomic E-state index is 11.7. The fourth-order valence-electron chi connectivity index (χ4n) is 1.80. The smallest absolute Gasteiger partial charge is 0.224 e. The highest BCUT2D eigenvalue weighted by Crippen LogP contribution is 1.93. The summed E-state index contributed by atoms with van der Waals surface area (Å²) >= 11 is 0. The standard InChI is InChI=1S/C16H23N3O4/c20-12-13-6-5-9-15(22)18-10-3-1-7-14(21)17-11-4-2-8-16(23)19-13/h1-6,13,20H,7-12H2,(H,17,21)(H,18,22)(H,19,23)/b3-1-,4-2+,6-5-. The lowest BCUT2D eigenvalue weighted by Crippen LogP contribution is -2.35. The van der Waals surface area contributed by atoms with Gasteiger partial charge in [0, 0.05) is 32.4 Å². The van der Waals surface area contributed by atoms with E-state index in [4.69, 9.17) is 0 Å². The summed E-state index contributed by atoms with van der Waals surface area (Å²) in [6.07, 6.45) is 10.5. The highest BCUT2D eigenvalue weighted by molar-refractivity contribution is 5.79. The van der Waals surface area contributed by atoms with Gasteiger partial charge in [-0.25, -0.2) is 0 Å². The molecule has 4 N–H and O–H groups in total. The molecule has 0 bridgehead atoms. The number of nitrogens with one attached hydrogen (secondary N) is 3. The highest BCUT2D eigenvalue weighted by atomic mass is 16.3. The first kappa shape index (κ1) is 18.6. The second kappa shape index (κ2) is 11.2. The van der Waals surface area contributed by atoms with Crippen LogP contribution in [-0.4, -0.2) is 48.6 Å². The number of hydrogen-bond acceptors (Lipinski definition) is 4. The van der Waals surface area contributed by atoms with Gasteiger partial charge in [0.05, 0.1) is 12.6 Å². The molecule has 0 saturated carbocycles. The lowest BCUT2D eigenvalue weighted by Gasteiger charge is -2.11. The van der Waals surface area contributed by atoms with Crippen LogP contribution in [0, 0.1) is 0 Å². The highest BCUT2D eigenvalue weighted by Gasteiger charge is 2.07. The molecule has 7 heteroatoms. The number of rotatable bonds is 1. The van der Waals surface area contributed by atoms with Crippen molar-refractivity contribution >= 4 is 17.7 Å². The van der Waals surface area contributed by atoms with E-state index in [0.29, 0.717) is 13.1 Å². The Balaban J connectivity index is 2.64. The molecule has 0 aliphatic carbocycles. The Hall–Kier alpha value is -2.41. The van der Waals surface area contributed by atoms with Crippen LogP contribution >= 0.6 is 0 Å². The number of amides is 3. The van der Waals surface area contributed by atoms with Crippen LogP contribution in [0.2, 0.25) is 0 Å². The summed E-state index contributed by atoms with van der Waals surface area (Å²) in [5.41, 5.74) is 0. The van der Waals surface area contributed by atoms with E-state index in [0.717, 1.165) is 0 Å². The summed E-state index contributed by atoms with van der Waals surface area (Å²) in [6.45, 7) is 0.451. The van der Waals surface area contributed by atoms with Gasteiger partial charge in [0.15, 0.2) is 0 Å². The molecule has 1 atom stereocenters. The topological polar surface area (TPSA) is 108 Å². The van der Waals surface area contributed by atoms with E-state index in [1.807, 2.05) is 0 Å². The van der Waals surface area contributed by atoms with E-state index < -0.39 is 6.04 Å². The van der Waals surface area contributed by atoms with Gasteiger partial charge in [-0.3, -0.25) is 14.4 Å². The Kier molecular flexibility index (Phi) is 9.07. The normalized spacial score (nSPS) is 26.0. The number of carbonyl (C=O) groups excluding carboxylic acids is 3. The third-order valence-electron chi connectivity index (χ3n) is 2.99. The van der Waals surface area contributed by atoms with Crippen LogP contribution in [0.1, 0.15) is 19.3 Å². The average Bonchev–Trinajstić information content (AvgIpc) is 2.52. The molecule has 0 radical (unpaired) electrons. The van der Waals surface area contributed by atoms with Gasteiger partial charge in [0.25, 0.3) is 0 Å². The summed E-state index contributed by atoms with van der Waals surface area (Å²) in [6, 6.07) is -0.526. The molecule has 0 aromatic carbocycles. The summed E-state index contributed by atoms with van der Waals surface area (Å²) in [5, 5.41) is 17.2. The first-order chi connectivity index (χ1) is 11.1. The van der Waals surface area contributed by atoms with Crippen LogP contribution in [0.4, 0.5) is 0 Å². The van der Waals surface area contributed by atoms with Crippen LogP contribution in [0.15, 0.2) is 36.5 Å². The van der Waals surface area contributed by atoms with Gasteiger partial charge in [-0.15, -0.1) is 0 Å². The van der Waals surface area contributed by atoms with Gasteiger partial charge in [-0.05, 0) is 0 Å². The van der Waals surface area contributed by atoms with Crippen molar-refractivity contribution in [2.45, 2.75) is 25.3 Å². The van der Waals surface area contributed by atoms with Crippen molar-refractivity contribution in [2.75, 3.05) is 19.7 Å². The SMILES string of the molecule is O=C1C/C=C\C(CO)NC(=O)C/C=C/CNC(=O)C/C=C\CN1. The number of aliphatic hydroxyl groups is 1. The zero-order valence-electron chi connectivity index (χ0n) is 13.0. The van der Waals surface area contributed by atoms with E-state index in [1.54, 1.807) is 36.5 Å². The first-order valence-electron chi connectivity index (χ1n) is 7.52. The van der Waals surface area contributed by atoms with Gasteiger partial charge in [-0.2, -0.15) is 0 Å². The fraction of sp³-hybridized carbons (Fsp3) is 0.438. The minimum atomic E-state index is -0.526. The summed E-state index contributed by atoms with van der Waals surface area (Å²) < 4.78 is 0. The maximum Gasteiger partial charge on any atom is 0.224 e. The van der Waals surface area contributed by atoms with Crippen molar-refractivity contribution in [3.05, 3.63) is 36.5 Å². The molecule has 0 spiro atoms. The third kappa shape index (κ3) is 9.26. The van der Waals surface area contributed by atoms with Gasteiger partial charge < -0.3 is 21.1 Å². The summed E-state index contributed by atoms with van der Waals surface area (Å²) in [5.74, 6) is -0.557. The molecule has 23 heavy (non-hydrogen) atoms. The molecule has 0 saturated heterocycles. The van der Waals surface area contributed by atoms with Gasteiger partial charge >= 0.3 is 0 Å². The largest absolute Gasteiger partial charge is 0.394 e. The molecular weight excluding hydrogens is 298 g/mol. The third-order valence-corrected chi connectivity index (χ3v) is 2.99. The Bertz CT molecular complexity index is 498. The van der Waals surface area contributed by atoms with Crippen molar-refractivity contribution in [1.82, 2.24) is 16.0 Å². The van der Waals surface area contributed by atoms with Crippen molar-refractivity contribution in [2.24, 2.45) is 0 Å². The molecule has 126 valence electrons. The van der Waals surface area contributed by atoms with Crippen LogP contribution < -0.4 is 16.0 Å². The Labute approximate surface area is 135 Å². The monoisotopic (exact) mass is 321 g/mol. The quantitative estimate of drug-likeness (QED) is 0.491. The average molecular weight is 321 g/mol.